The van der Waals surface area contributed by atoms with Gasteiger partial charge in [0.1, 0.15) is 11.6 Å². The first-order valence-electron chi connectivity index (χ1n) is 7.01. The van der Waals surface area contributed by atoms with Gasteiger partial charge < -0.3 is 10.8 Å². The summed E-state index contributed by atoms with van der Waals surface area (Å²) in [7, 11) is 0. The van der Waals surface area contributed by atoms with E-state index in [1.807, 2.05) is 29.1 Å². The molecular weight excluding hydrogens is 252 g/mol. The van der Waals surface area contributed by atoms with E-state index in [0.717, 1.165) is 38.0 Å². The largest absolute Gasteiger partial charge is 0.508 e. The maximum atomic E-state index is 9.49. The monoisotopic (exact) mass is 272 g/mol. The van der Waals surface area contributed by atoms with Crippen LogP contribution < -0.4 is 5.73 Å². The molecule has 2 heterocycles. The van der Waals surface area contributed by atoms with E-state index >= 15 is 0 Å². The van der Waals surface area contributed by atoms with Crippen LogP contribution in [0.15, 0.2) is 36.5 Å². The van der Waals surface area contributed by atoms with Crippen LogP contribution in [0.4, 0.5) is 5.82 Å². The van der Waals surface area contributed by atoms with Gasteiger partial charge in [0.2, 0.25) is 0 Å². The molecule has 0 bridgehead atoms. The number of hydrogen-bond acceptors (Lipinski definition) is 4. The molecule has 1 aromatic heterocycles. The summed E-state index contributed by atoms with van der Waals surface area (Å²) in [6, 6.07) is 9.79. The van der Waals surface area contributed by atoms with Crippen molar-refractivity contribution in [2.45, 2.75) is 25.4 Å². The number of hydrogen-bond donors (Lipinski definition) is 2. The zero-order chi connectivity index (χ0) is 13.9. The number of likely N-dealkylation sites (tertiary alicyclic amines) is 1. The molecule has 1 aromatic carbocycles. The number of piperidine rings is 1. The third-order valence-corrected chi connectivity index (χ3v) is 3.88. The molecule has 3 rings (SSSR count). The van der Waals surface area contributed by atoms with Gasteiger partial charge in [0.15, 0.2) is 0 Å². The molecule has 20 heavy (non-hydrogen) atoms. The van der Waals surface area contributed by atoms with Gasteiger partial charge in [-0.1, -0.05) is 12.1 Å². The summed E-state index contributed by atoms with van der Waals surface area (Å²) in [4.78, 5) is 2.41. The van der Waals surface area contributed by atoms with Crippen LogP contribution in [0.3, 0.4) is 0 Å². The molecule has 106 valence electrons. The van der Waals surface area contributed by atoms with Crippen molar-refractivity contribution in [2.75, 3.05) is 18.8 Å². The Morgan fingerprint density at radius 3 is 2.70 bits per heavy atom. The Balaban J connectivity index is 1.56. The highest BCUT2D eigenvalue weighted by atomic mass is 16.3. The highest BCUT2D eigenvalue weighted by molar-refractivity contribution is 5.27. The zero-order valence-electron chi connectivity index (χ0n) is 11.4. The minimum absolute atomic E-state index is 0.337. The van der Waals surface area contributed by atoms with Crippen molar-refractivity contribution in [3.8, 4) is 5.75 Å². The fraction of sp³-hybridized carbons (Fsp3) is 0.400. The number of benzene rings is 1. The van der Waals surface area contributed by atoms with E-state index in [2.05, 4.69) is 16.1 Å². The zero-order valence-corrected chi connectivity index (χ0v) is 11.4. The van der Waals surface area contributed by atoms with Gasteiger partial charge in [-0.2, -0.15) is 5.10 Å². The summed E-state index contributed by atoms with van der Waals surface area (Å²) in [5.74, 6) is 0.927. The van der Waals surface area contributed by atoms with E-state index in [-0.39, 0.29) is 0 Å². The summed E-state index contributed by atoms with van der Waals surface area (Å²) in [5.41, 5.74) is 6.82. The van der Waals surface area contributed by atoms with Crippen LogP contribution in [-0.2, 0) is 6.54 Å². The second-order valence-electron chi connectivity index (χ2n) is 5.40. The number of aromatic hydroxyl groups is 1. The Morgan fingerprint density at radius 2 is 2.05 bits per heavy atom. The molecule has 1 saturated heterocycles. The molecule has 0 saturated carbocycles. The molecule has 0 radical (unpaired) electrons. The number of aromatic nitrogens is 2. The van der Waals surface area contributed by atoms with E-state index < -0.39 is 0 Å². The molecule has 3 N–H and O–H groups in total. The highest BCUT2D eigenvalue weighted by Crippen LogP contribution is 2.24. The SMILES string of the molecule is Nc1ccn(C2CCN(Cc3cccc(O)c3)CC2)n1. The number of nitrogen functional groups attached to an aromatic ring is 1. The lowest BCUT2D eigenvalue weighted by molar-refractivity contribution is 0.173. The van der Waals surface area contributed by atoms with E-state index in [1.54, 1.807) is 6.07 Å². The van der Waals surface area contributed by atoms with Gasteiger partial charge in [-0.05, 0) is 36.6 Å². The topological polar surface area (TPSA) is 67.3 Å². The van der Waals surface area contributed by atoms with Crippen LogP contribution in [0.25, 0.3) is 0 Å². The predicted molar refractivity (Wildman–Crippen MR) is 78.3 cm³/mol. The summed E-state index contributed by atoms with van der Waals surface area (Å²) in [5, 5.41) is 13.8. The number of anilines is 1. The third-order valence-electron chi connectivity index (χ3n) is 3.88. The molecule has 5 heteroatoms. The van der Waals surface area contributed by atoms with Gasteiger partial charge in [-0.25, -0.2) is 0 Å². The highest BCUT2D eigenvalue weighted by Gasteiger charge is 2.21. The maximum absolute atomic E-state index is 9.49. The molecule has 0 atom stereocenters. The van der Waals surface area contributed by atoms with Crippen LogP contribution in [0.2, 0.25) is 0 Å². The van der Waals surface area contributed by atoms with Crippen LogP contribution in [-0.4, -0.2) is 32.9 Å². The van der Waals surface area contributed by atoms with Crippen LogP contribution >= 0.6 is 0 Å². The fourth-order valence-electron chi connectivity index (χ4n) is 2.81. The number of nitrogens with zero attached hydrogens (tertiary/aromatic N) is 3. The Kier molecular flexibility index (Phi) is 3.60. The summed E-state index contributed by atoms with van der Waals surface area (Å²) in [6.07, 6.45) is 4.13. The van der Waals surface area contributed by atoms with E-state index in [0.29, 0.717) is 17.6 Å². The first-order valence-corrected chi connectivity index (χ1v) is 7.01. The van der Waals surface area contributed by atoms with Crippen molar-refractivity contribution in [1.29, 1.82) is 0 Å². The van der Waals surface area contributed by atoms with Gasteiger partial charge in [0.05, 0.1) is 6.04 Å². The predicted octanol–water partition coefficient (Wildman–Crippen LogP) is 2.01. The number of phenols is 1. The summed E-state index contributed by atoms with van der Waals surface area (Å²) < 4.78 is 1.99. The second-order valence-corrected chi connectivity index (χ2v) is 5.40. The van der Waals surface area contributed by atoms with Crippen molar-refractivity contribution < 1.29 is 5.11 Å². The molecule has 1 aliphatic rings. The number of nitrogens with two attached hydrogens (primary N) is 1. The Hall–Kier alpha value is -2.01. The molecule has 1 fully saturated rings. The van der Waals surface area contributed by atoms with Gasteiger partial charge in [0.25, 0.3) is 0 Å². The molecule has 5 nitrogen and oxygen atoms in total. The smallest absolute Gasteiger partial charge is 0.145 e. The minimum atomic E-state index is 0.337. The molecule has 0 spiro atoms. The lowest BCUT2D eigenvalue weighted by atomic mass is 10.0. The molecule has 0 unspecified atom stereocenters. The average Bonchev–Trinajstić information content (AvgIpc) is 2.86. The second kappa shape index (κ2) is 5.54. The van der Waals surface area contributed by atoms with Crippen molar-refractivity contribution in [1.82, 2.24) is 14.7 Å². The Morgan fingerprint density at radius 1 is 1.25 bits per heavy atom. The van der Waals surface area contributed by atoms with Crippen LogP contribution in [0.1, 0.15) is 24.4 Å². The Bertz CT molecular complexity index is 573. The van der Waals surface area contributed by atoms with Crippen molar-refractivity contribution in [2.24, 2.45) is 0 Å². The maximum Gasteiger partial charge on any atom is 0.145 e. The Labute approximate surface area is 118 Å². The third kappa shape index (κ3) is 2.93. The van der Waals surface area contributed by atoms with Gasteiger partial charge in [-0.3, -0.25) is 9.58 Å². The first-order chi connectivity index (χ1) is 9.70. The molecular formula is C15H20N4O. The lowest BCUT2D eigenvalue weighted by Crippen LogP contribution is -2.34. The lowest BCUT2D eigenvalue weighted by Gasteiger charge is -2.32. The van der Waals surface area contributed by atoms with Crippen LogP contribution in [0.5, 0.6) is 5.75 Å². The minimum Gasteiger partial charge on any atom is -0.508 e. The van der Waals surface area contributed by atoms with Crippen molar-refractivity contribution in [3.63, 3.8) is 0 Å². The van der Waals surface area contributed by atoms with Crippen molar-refractivity contribution >= 4 is 5.82 Å². The molecule has 1 aliphatic heterocycles. The van der Waals surface area contributed by atoms with Gasteiger partial charge in [0, 0.05) is 25.8 Å². The van der Waals surface area contributed by atoms with E-state index in [1.165, 1.54) is 0 Å². The van der Waals surface area contributed by atoms with Gasteiger partial charge >= 0.3 is 0 Å². The van der Waals surface area contributed by atoms with E-state index in [4.69, 9.17) is 5.73 Å². The van der Waals surface area contributed by atoms with E-state index in [9.17, 15) is 5.11 Å². The number of phenolic OH excluding ortho intramolecular Hbond substituents is 1. The summed E-state index contributed by atoms with van der Waals surface area (Å²) in [6.45, 7) is 2.97. The van der Waals surface area contributed by atoms with Crippen molar-refractivity contribution in [3.05, 3.63) is 42.1 Å². The average molecular weight is 272 g/mol. The van der Waals surface area contributed by atoms with Crippen LogP contribution in [0, 0.1) is 0 Å². The standard InChI is InChI=1S/C15H20N4O/c16-15-6-9-19(17-15)13-4-7-18(8-5-13)11-12-2-1-3-14(20)10-12/h1-3,6,9-10,13,20H,4-5,7-8,11H2,(H2,16,17). The quantitative estimate of drug-likeness (QED) is 0.897. The van der Waals surface area contributed by atoms with Gasteiger partial charge in [-0.15, -0.1) is 0 Å². The molecule has 2 aromatic rings. The fourth-order valence-corrected chi connectivity index (χ4v) is 2.81. The number of rotatable bonds is 3. The molecule has 0 aliphatic carbocycles. The summed E-state index contributed by atoms with van der Waals surface area (Å²) >= 11 is 0. The normalized spacial score (nSPS) is 17.4. The first kappa shape index (κ1) is 13.0. The molecule has 0 amide bonds.